The number of hydrogen-bond donors (Lipinski definition) is 3. The number of carbonyl (C=O) groups is 1. The highest BCUT2D eigenvalue weighted by atomic mass is 16.3. The van der Waals surface area contributed by atoms with E-state index in [1.807, 2.05) is 6.92 Å². The minimum Gasteiger partial charge on any atom is -0.396 e. The van der Waals surface area contributed by atoms with E-state index in [4.69, 9.17) is 5.11 Å². The number of nitrogens with one attached hydrogen (secondary N) is 2. The van der Waals surface area contributed by atoms with Crippen LogP contribution in [0.1, 0.15) is 19.0 Å². The summed E-state index contributed by atoms with van der Waals surface area (Å²) in [6, 6.07) is 3.27. The van der Waals surface area contributed by atoms with Crippen LogP contribution in [0.2, 0.25) is 0 Å². The lowest BCUT2D eigenvalue weighted by Crippen LogP contribution is -2.41. The molecule has 0 bridgehead atoms. The molecule has 0 fully saturated rings. The highest BCUT2D eigenvalue weighted by Crippen LogP contribution is 2.02. The van der Waals surface area contributed by atoms with E-state index in [-0.39, 0.29) is 18.7 Å². The maximum Gasteiger partial charge on any atom is 0.315 e. The van der Waals surface area contributed by atoms with Crippen molar-refractivity contribution in [1.82, 2.24) is 25.2 Å². The summed E-state index contributed by atoms with van der Waals surface area (Å²) in [6.07, 6.45) is 3.88. The lowest BCUT2D eigenvalue weighted by Gasteiger charge is -2.13. The maximum atomic E-state index is 11.6. The van der Waals surface area contributed by atoms with E-state index in [9.17, 15) is 4.79 Å². The van der Waals surface area contributed by atoms with Gasteiger partial charge in [0.05, 0.1) is 18.4 Å². The van der Waals surface area contributed by atoms with Gasteiger partial charge in [0.25, 0.3) is 0 Å². The van der Waals surface area contributed by atoms with Crippen molar-refractivity contribution in [2.24, 2.45) is 0 Å². The van der Waals surface area contributed by atoms with Gasteiger partial charge < -0.3 is 15.7 Å². The third kappa shape index (κ3) is 3.41. The molecule has 3 N–H and O–H groups in total. The zero-order valence-electron chi connectivity index (χ0n) is 10.7. The molecule has 0 radical (unpaired) electrons. The molecule has 7 heteroatoms. The van der Waals surface area contributed by atoms with E-state index < -0.39 is 0 Å². The first-order valence-corrected chi connectivity index (χ1v) is 6.13. The molecule has 1 atom stereocenters. The molecule has 7 nitrogen and oxygen atoms in total. The van der Waals surface area contributed by atoms with Crippen molar-refractivity contribution < 1.29 is 9.90 Å². The highest BCUT2D eigenvalue weighted by molar-refractivity contribution is 5.74. The largest absolute Gasteiger partial charge is 0.396 e. The van der Waals surface area contributed by atoms with E-state index in [2.05, 4.69) is 20.7 Å². The molecule has 0 saturated heterocycles. The van der Waals surface area contributed by atoms with Crippen molar-refractivity contribution in [3.63, 3.8) is 0 Å². The number of nitrogens with zero attached hydrogens (tertiary/aromatic N) is 3. The molecule has 0 aromatic carbocycles. The molecule has 0 aliphatic rings. The number of rotatable bonds is 5. The van der Waals surface area contributed by atoms with Crippen LogP contribution in [-0.2, 0) is 6.54 Å². The first-order valence-electron chi connectivity index (χ1n) is 6.13. The Morgan fingerprint density at radius 2 is 2.32 bits per heavy atom. The fraction of sp³-hybridized carbons (Fsp3) is 0.417. The van der Waals surface area contributed by atoms with Gasteiger partial charge in [-0.05, 0) is 19.4 Å². The zero-order chi connectivity index (χ0) is 13.7. The number of amides is 2. The second kappa shape index (κ2) is 6.14. The molecule has 0 saturated carbocycles. The SMILES string of the molecule is CC(CCO)NC(=O)NCc1ccnc2ccnn12. The Labute approximate surface area is 110 Å². The van der Waals surface area contributed by atoms with E-state index in [0.717, 1.165) is 11.3 Å². The molecule has 2 aromatic rings. The van der Waals surface area contributed by atoms with Crippen LogP contribution in [0.25, 0.3) is 5.65 Å². The molecular weight excluding hydrogens is 246 g/mol. The second-order valence-corrected chi connectivity index (χ2v) is 4.28. The first kappa shape index (κ1) is 13.3. The molecule has 2 aromatic heterocycles. The molecule has 2 amide bonds. The molecule has 0 aliphatic heterocycles. The van der Waals surface area contributed by atoms with Gasteiger partial charge in [0.15, 0.2) is 5.65 Å². The molecule has 2 rings (SSSR count). The van der Waals surface area contributed by atoms with Crippen molar-refractivity contribution >= 4 is 11.7 Å². The number of hydrogen-bond acceptors (Lipinski definition) is 4. The summed E-state index contributed by atoms with van der Waals surface area (Å²) in [5, 5.41) is 18.4. The number of aromatic nitrogens is 3. The van der Waals surface area contributed by atoms with Gasteiger partial charge in [-0.3, -0.25) is 0 Å². The summed E-state index contributed by atoms with van der Waals surface area (Å²) in [5.41, 5.74) is 1.59. The van der Waals surface area contributed by atoms with Gasteiger partial charge in [-0.15, -0.1) is 0 Å². The lowest BCUT2D eigenvalue weighted by molar-refractivity contribution is 0.230. The third-order valence-corrected chi connectivity index (χ3v) is 2.74. The maximum absolute atomic E-state index is 11.6. The summed E-state index contributed by atoms with van der Waals surface area (Å²) in [4.78, 5) is 15.8. The standard InChI is InChI=1S/C12H17N5O2/c1-9(4-7-18)16-12(19)14-8-10-2-5-13-11-3-6-15-17(10)11/h2-3,5-6,9,18H,4,7-8H2,1H3,(H2,14,16,19). The van der Waals surface area contributed by atoms with Gasteiger partial charge in [0.1, 0.15) is 0 Å². The number of fused-ring (bicyclic) bond motifs is 1. The van der Waals surface area contributed by atoms with E-state index >= 15 is 0 Å². The fourth-order valence-electron chi connectivity index (χ4n) is 1.73. The van der Waals surface area contributed by atoms with Crippen LogP contribution >= 0.6 is 0 Å². The monoisotopic (exact) mass is 263 g/mol. The van der Waals surface area contributed by atoms with E-state index in [0.29, 0.717) is 13.0 Å². The average molecular weight is 263 g/mol. The topological polar surface area (TPSA) is 91.5 Å². The van der Waals surface area contributed by atoms with Crippen LogP contribution in [0.4, 0.5) is 4.79 Å². The van der Waals surface area contributed by atoms with Gasteiger partial charge in [-0.2, -0.15) is 5.10 Å². The van der Waals surface area contributed by atoms with Crippen LogP contribution in [0.15, 0.2) is 24.5 Å². The van der Waals surface area contributed by atoms with Crippen LogP contribution in [-0.4, -0.2) is 38.4 Å². The summed E-state index contributed by atoms with van der Waals surface area (Å²) >= 11 is 0. The summed E-state index contributed by atoms with van der Waals surface area (Å²) in [7, 11) is 0. The predicted molar refractivity (Wildman–Crippen MR) is 69.5 cm³/mol. The quantitative estimate of drug-likeness (QED) is 0.723. The minimum atomic E-state index is -0.266. The number of aliphatic hydroxyl groups excluding tert-OH is 1. The fourth-order valence-corrected chi connectivity index (χ4v) is 1.73. The Kier molecular flexibility index (Phi) is 4.30. The molecular formula is C12H17N5O2. The number of aliphatic hydroxyl groups is 1. The van der Waals surface area contributed by atoms with Crippen molar-refractivity contribution in [3.8, 4) is 0 Å². The molecule has 0 aliphatic carbocycles. The number of urea groups is 1. The Balaban J connectivity index is 1.91. The molecule has 102 valence electrons. The van der Waals surface area contributed by atoms with Gasteiger partial charge in [-0.1, -0.05) is 0 Å². The van der Waals surface area contributed by atoms with Crippen LogP contribution in [0.3, 0.4) is 0 Å². The summed E-state index contributed by atoms with van der Waals surface area (Å²) in [6.45, 7) is 2.26. The Morgan fingerprint density at radius 3 is 3.11 bits per heavy atom. The Morgan fingerprint density at radius 1 is 1.47 bits per heavy atom. The van der Waals surface area contributed by atoms with Crippen molar-refractivity contribution in [2.75, 3.05) is 6.61 Å². The molecule has 1 unspecified atom stereocenters. The molecule has 19 heavy (non-hydrogen) atoms. The van der Waals surface area contributed by atoms with E-state index in [1.165, 1.54) is 0 Å². The summed E-state index contributed by atoms with van der Waals surface area (Å²) < 4.78 is 1.68. The van der Waals surface area contributed by atoms with Gasteiger partial charge in [0.2, 0.25) is 0 Å². The average Bonchev–Trinajstić information content (AvgIpc) is 2.85. The first-order chi connectivity index (χ1) is 9.20. The summed E-state index contributed by atoms with van der Waals surface area (Å²) in [5.74, 6) is 0. The lowest BCUT2D eigenvalue weighted by atomic mass is 10.2. The van der Waals surface area contributed by atoms with E-state index in [1.54, 1.807) is 29.0 Å². The second-order valence-electron chi connectivity index (χ2n) is 4.28. The van der Waals surface area contributed by atoms with Crippen molar-refractivity contribution in [1.29, 1.82) is 0 Å². The van der Waals surface area contributed by atoms with Gasteiger partial charge >= 0.3 is 6.03 Å². The number of carbonyl (C=O) groups excluding carboxylic acids is 1. The van der Waals surface area contributed by atoms with Gasteiger partial charge in [0, 0.05) is 24.9 Å². The van der Waals surface area contributed by atoms with Crippen molar-refractivity contribution in [2.45, 2.75) is 25.9 Å². The zero-order valence-corrected chi connectivity index (χ0v) is 10.7. The molecule has 2 heterocycles. The molecule has 0 spiro atoms. The normalized spacial score (nSPS) is 12.3. The highest BCUT2D eigenvalue weighted by Gasteiger charge is 2.07. The Hall–Kier alpha value is -2.15. The van der Waals surface area contributed by atoms with Crippen LogP contribution in [0, 0.1) is 0 Å². The van der Waals surface area contributed by atoms with Crippen LogP contribution < -0.4 is 10.6 Å². The Bertz CT molecular complexity index is 554. The third-order valence-electron chi connectivity index (χ3n) is 2.74. The predicted octanol–water partition coefficient (Wildman–Crippen LogP) is 0.299. The van der Waals surface area contributed by atoms with Crippen molar-refractivity contribution in [3.05, 3.63) is 30.2 Å². The van der Waals surface area contributed by atoms with Gasteiger partial charge in [-0.25, -0.2) is 14.3 Å². The minimum absolute atomic E-state index is 0.0553. The smallest absolute Gasteiger partial charge is 0.315 e. The van der Waals surface area contributed by atoms with Crippen LogP contribution in [0.5, 0.6) is 0 Å².